The molecule has 1 aromatic carbocycles. The third-order valence-electron chi connectivity index (χ3n) is 3.29. The predicted molar refractivity (Wildman–Crippen MR) is 99.3 cm³/mol. The molecule has 0 radical (unpaired) electrons. The fraction of sp³-hybridized carbons (Fsp3) is 0.500. The molecule has 1 rings (SSSR count). The lowest BCUT2D eigenvalue weighted by Crippen LogP contribution is -2.51. The van der Waals surface area contributed by atoms with E-state index in [4.69, 9.17) is 5.73 Å². The highest BCUT2D eigenvalue weighted by Gasteiger charge is 2.29. The van der Waals surface area contributed by atoms with Crippen LogP contribution in [0.15, 0.2) is 30.3 Å². The third-order valence-corrected chi connectivity index (χ3v) is 3.93. The Morgan fingerprint density at radius 3 is 2.48 bits per heavy atom. The molecule has 9 heteroatoms. The summed E-state index contributed by atoms with van der Waals surface area (Å²) in [4.78, 5) is 24.2. The van der Waals surface area contributed by atoms with E-state index < -0.39 is 31.0 Å². The van der Waals surface area contributed by atoms with E-state index in [-0.39, 0.29) is 24.7 Å². The molecule has 0 bridgehead atoms. The number of halogens is 3. The molecule has 1 unspecified atom stereocenters. The number of hydrogen-bond donors (Lipinski definition) is 3. The van der Waals surface area contributed by atoms with Crippen molar-refractivity contribution in [3.8, 4) is 0 Å². The summed E-state index contributed by atoms with van der Waals surface area (Å²) in [6.45, 7) is -1.68. The van der Waals surface area contributed by atoms with Gasteiger partial charge in [0.25, 0.3) is 5.92 Å². The summed E-state index contributed by atoms with van der Waals surface area (Å²) in [5, 5.41) is 4.77. The van der Waals surface area contributed by atoms with Gasteiger partial charge in [-0.1, -0.05) is 30.3 Å². The van der Waals surface area contributed by atoms with Crippen molar-refractivity contribution in [2.75, 3.05) is 25.1 Å². The third kappa shape index (κ3) is 9.62. The molecular weight excluding hydrogens is 372 g/mol. The maximum Gasteiger partial charge on any atom is 0.277 e. The fourth-order valence-electron chi connectivity index (χ4n) is 1.94. The molecule has 4 N–H and O–H groups in total. The first-order chi connectivity index (χ1) is 11.4. The number of amides is 2. The molecule has 0 saturated carbocycles. The molecule has 0 aliphatic carbocycles. The van der Waals surface area contributed by atoms with Crippen molar-refractivity contribution in [1.29, 1.82) is 0 Å². The molecule has 0 aliphatic rings. The maximum atomic E-state index is 13.1. The van der Waals surface area contributed by atoms with Crippen molar-refractivity contribution < 1.29 is 18.4 Å². The number of benzene rings is 1. The number of thioether (sulfide) groups is 1. The van der Waals surface area contributed by atoms with Crippen LogP contribution in [-0.4, -0.2) is 48.9 Å². The zero-order valence-corrected chi connectivity index (χ0v) is 15.6. The molecule has 0 fully saturated rings. The zero-order chi connectivity index (χ0) is 18.0. The number of nitrogens with one attached hydrogen (secondary N) is 2. The molecule has 1 aromatic rings. The first kappa shape index (κ1) is 23.6. The molecule has 0 saturated heterocycles. The summed E-state index contributed by atoms with van der Waals surface area (Å²) in [7, 11) is 0. The second-order valence-electron chi connectivity index (χ2n) is 5.34. The normalized spacial score (nSPS) is 12.0. The lowest BCUT2D eigenvalue weighted by Gasteiger charge is -2.20. The van der Waals surface area contributed by atoms with Gasteiger partial charge in [0.1, 0.15) is 6.04 Å². The first-order valence-electron chi connectivity index (χ1n) is 7.56. The fourth-order valence-corrected chi connectivity index (χ4v) is 2.41. The molecule has 25 heavy (non-hydrogen) atoms. The van der Waals surface area contributed by atoms with Gasteiger partial charge in [-0.25, -0.2) is 8.78 Å². The lowest BCUT2D eigenvalue weighted by atomic mass is 10.1. The average Bonchev–Trinajstić information content (AvgIpc) is 2.57. The van der Waals surface area contributed by atoms with Crippen LogP contribution in [0.4, 0.5) is 8.78 Å². The van der Waals surface area contributed by atoms with E-state index in [0.29, 0.717) is 12.2 Å². The van der Waals surface area contributed by atoms with Crippen molar-refractivity contribution in [2.24, 2.45) is 5.73 Å². The summed E-state index contributed by atoms with van der Waals surface area (Å²) in [5.41, 5.74) is 5.75. The Bertz CT molecular complexity index is 535. The van der Waals surface area contributed by atoms with Gasteiger partial charge in [-0.3, -0.25) is 9.59 Å². The monoisotopic (exact) mass is 395 g/mol. The van der Waals surface area contributed by atoms with Gasteiger partial charge in [0.15, 0.2) is 0 Å². The summed E-state index contributed by atoms with van der Waals surface area (Å²) in [6.07, 6.45) is 2.36. The van der Waals surface area contributed by atoms with Gasteiger partial charge in [0, 0.05) is 0 Å². The first-order valence-corrected chi connectivity index (χ1v) is 8.95. The van der Waals surface area contributed by atoms with Crippen LogP contribution < -0.4 is 16.4 Å². The average molecular weight is 396 g/mol. The Kier molecular flexibility index (Phi) is 11.4. The topological polar surface area (TPSA) is 84.2 Å². The van der Waals surface area contributed by atoms with Crippen LogP contribution in [0.2, 0.25) is 0 Å². The van der Waals surface area contributed by atoms with E-state index >= 15 is 0 Å². The van der Waals surface area contributed by atoms with Crippen LogP contribution in [0, 0.1) is 0 Å². The quantitative estimate of drug-likeness (QED) is 0.562. The Labute approximate surface area is 156 Å². The SMILES string of the molecule is CSCCC(NC(=O)Cc1ccccc1)C(=O)NCC(F)(F)CN.Cl. The molecule has 0 heterocycles. The molecule has 2 amide bonds. The van der Waals surface area contributed by atoms with Crippen LogP contribution in [0.25, 0.3) is 0 Å². The van der Waals surface area contributed by atoms with Gasteiger partial charge in [-0.05, 0) is 24.0 Å². The van der Waals surface area contributed by atoms with Gasteiger partial charge in [0.2, 0.25) is 11.8 Å². The van der Waals surface area contributed by atoms with Crippen molar-refractivity contribution in [3.05, 3.63) is 35.9 Å². The van der Waals surface area contributed by atoms with E-state index in [1.54, 1.807) is 12.1 Å². The number of nitrogens with two attached hydrogens (primary N) is 1. The predicted octanol–water partition coefficient (Wildman–Crippen LogP) is 1.60. The van der Waals surface area contributed by atoms with Crippen molar-refractivity contribution in [1.82, 2.24) is 10.6 Å². The van der Waals surface area contributed by atoms with Crippen LogP contribution >= 0.6 is 24.2 Å². The Morgan fingerprint density at radius 2 is 1.92 bits per heavy atom. The molecular formula is C16H24ClF2N3O2S. The molecule has 142 valence electrons. The van der Waals surface area contributed by atoms with Crippen LogP contribution in [0.3, 0.4) is 0 Å². The van der Waals surface area contributed by atoms with Crippen LogP contribution in [0.1, 0.15) is 12.0 Å². The lowest BCUT2D eigenvalue weighted by molar-refractivity contribution is -0.129. The van der Waals surface area contributed by atoms with Crippen molar-refractivity contribution in [2.45, 2.75) is 24.8 Å². The number of alkyl halides is 2. The van der Waals surface area contributed by atoms with Crippen molar-refractivity contribution in [3.63, 3.8) is 0 Å². The van der Waals surface area contributed by atoms with Gasteiger partial charge >= 0.3 is 0 Å². The molecule has 0 spiro atoms. The van der Waals surface area contributed by atoms with Crippen LogP contribution in [0.5, 0.6) is 0 Å². The Balaban J connectivity index is 0.00000576. The van der Waals surface area contributed by atoms with E-state index in [9.17, 15) is 18.4 Å². The minimum absolute atomic E-state index is 0. The summed E-state index contributed by atoms with van der Waals surface area (Å²) in [6, 6.07) is 8.23. The van der Waals surface area contributed by atoms with E-state index in [1.807, 2.05) is 24.5 Å². The summed E-state index contributed by atoms with van der Waals surface area (Å²) < 4.78 is 26.3. The second-order valence-corrected chi connectivity index (χ2v) is 6.33. The smallest absolute Gasteiger partial charge is 0.277 e. The highest BCUT2D eigenvalue weighted by atomic mass is 35.5. The van der Waals surface area contributed by atoms with Gasteiger partial charge in [-0.15, -0.1) is 12.4 Å². The molecule has 1 atom stereocenters. The Morgan fingerprint density at radius 1 is 1.28 bits per heavy atom. The van der Waals surface area contributed by atoms with Gasteiger partial charge < -0.3 is 16.4 Å². The van der Waals surface area contributed by atoms with Gasteiger partial charge in [-0.2, -0.15) is 11.8 Å². The number of hydrogen-bond acceptors (Lipinski definition) is 4. The minimum atomic E-state index is -3.16. The van der Waals surface area contributed by atoms with E-state index in [1.165, 1.54) is 11.8 Å². The van der Waals surface area contributed by atoms with E-state index in [0.717, 1.165) is 5.56 Å². The number of rotatable bonds is 10. The van der Waals surface area contributed by atoms with E-state index in [2.05, 4.69) is 10.6 Å². The highest BCUT2D eigenvalue weighted by Crippen LogP contribution is 2.09. The number of carbonyl (C=O) groups is 2. The molecule has 5 nitrogen and oxygen atoms in total. The highest BCUT2D eigenvalue weighted by molar-refractivity contribution is 7.98. The van der Waals surface area contributed by atoms with Crippen molar-refractivity contribution >= 4 is 36.0 Å². The zero-order valence-electron chi connectivity index (χ0n) is 14.0. The summed E-state index contributed by atoms with van der Waals surface area (Å²) >= 11 is 1.51. The summed E-state index contributed by atoms with van der Waals surface area (Å²) in [5.74, 6) is -3.49. The second kappa shape index (κ2) is 12.1. The van der Waals surface area contributed by atoms with Crippen LogP contribution in [-0.2, 0) is 16.0 Å². The minimum Gasteiger partial charge on any atom is -0.348 e. The van der Waals surface area contributed by atoms with Gasteiger partial charge in [0.05, 0.1) is 19.5 Å². The maximum absolute atomic E-state index is 13.1. The number of carbonyl (C=O) groups excluding carboxylic acids is 2. The molecule has 0 aliphatic heterocycles. The standard InChI is InChI=1S/C16H23F2N3O2S.ClH/c1-24-8-7-13(15(23)20-11-16(17,18)10-19)21-14(22)9-12-5-3-2-4-6-12;/h2-6,13H,7-11,19H2,1H3,(H,20,23)(H,21,22);1H. The largest absolute Gasteiger partial charge is 0.348 e. The Hall–Kier alpha value is -1.38. The molecule has 0 aromatic heterocycles.